The summed E-state index contributed by atoms with van der Waals surface area (Å²) < 4.78 is 61.0. The van der Waals surface area contributed by atoms with Crippen molar-refractivity contribution in [3.63, 3.8) is 0 Å². The Kier molecular flexibility index (Phi) is 5.46. The monoisotopic (exact) mass is 449 g/mol. The van der Waals surface area contributed by atoms with E-state index < -0.39 is 27.9 Å². The Balaban J connectivity index is 1.86. The Bertz CT molecular complexity index is 1260. The van der Waals surface area contributed by atoms with E-state index in [4.69, 9.17) is 4.74 Å². The summed E-state index contributed by atoms with van der Waals surface area (Å²) in [6.45, 7) is 2.94. The summed E-state index contributed by atoms with van der Waals surface area (Å²) in [5, 5.41) is 13.3. The Morgan fingerprint density at radius 1 is 1.16 bits per heavy atom. The quantitative estimate of drug-likeness (QED) is 0.555. The number of nitrogens with zero attached hydrogens (tertiary/aromatic N) is 1. The third-order valence-corrected chi connectivity index (χ3v) is 5.55. The standard InChI is InChI=1S/C21H21F2N3O4S/c1-12-9-17(26-8-7-24-21(27)20(12)26)15-11-14(25-31(2,28)29)4-6-18(15)30-19-5-3-13(22)10-16(19)23/h3-6,9-11,21,24-25,27H,7-8H2,1-2H3. The molecule has 1 aliphatic rings. The predicted molar refractivity (Wildman–Crippen MR) is 112 cm³/mol. The number of halogens is 2. The molecule has 164 valence electrons. The van der Waals surface area contributed by atoms with Gasteiger partial charge in [-0.3, -0.25) is 10.0 Å². The topological polar surface area (TPSA) is 92.6 Å². The van der Waals surface area contributed by atoms with Crippen molar-refractivity contribution in [2.75, 3.05) is 17.5 Å². The van der Waals surface area contributed by atoms with Crippen LogP contribution in [0.2, 0.25) is 0 Å². The van der Waals surface area contributed by atoms with Gasteiger partial charge in [-0.1, -0.05) is 0 Å². The molecule has 1 aliphatic heterocycles. The fourth-order valence-electron chi connectivity index (χ4n) is 3.71. The molecular formula is C21H21F2N3O4S. The van der Waals surface area contributed by atoms with Crippen molar-refractivity contribution in [2.45, 2.75) is 19.7 Å². The van der Waals surface area contributed by atoms with Gasteiger partial charge in [-0.2, -0.15) is 0 Å². The molecule has 0 bridgehead atoms. The van der Waals surface area contributed by atoms with Crippen LogP contribution in [-0.2, 0) is 16.6 Å². The number of hydrogen-bond acceptors (Lipinski definition) is 5. The number of nitrogens with one attached hydrogen (secondary N) is 2. The number of fused-ring (bicyclic) bond motifs is 1. The van der Waals surface area contributed by atoms with Gasteiger partial charge in [0.25, 0.3) is 0 Å². The van der Waals surface area contributed by atoms with Gasteiger partial charge < -0.3 is 14.4 Å². The van der Waals surface area contributed by atoms with Crippen LogP contribution in [0.1, 0.15) is 17.5 Å². The number of sulfonamides is 1. The number of aromatic nitrogens is 1. The molecule has 4 rings (SSSR count). The number of benzene rings is 2. The summed E-state index contributed by atoms with van der Waals surface area (Å²) in [7, 11) is -3.53. The lowest BCUT2D eigenvalue weighted by atomic mass is 10.1. The zero-order valence-corrected chi connectivity index (χ0v) is 17.6. The van der Waals surface area contributed by atoms with Crippen LogP contribution in [0.4, 0.5) is 14.5 Å². The lowest BCUT2D eigenvalue weighted by Crippen LogP contribution is -2.33. The number of aliphatic hydroxyl groups excluding tert-OH is 1. The first-order valence-corrected chi connectivity index (χ1v) is 11.4. The van der Waals surface area contributed by atoms with Crippen molar-refractivity contribution in [2.24, 2.45) is 0 Å². The van der Waals surface area contributed by atoms with E-state index in [1.165, 1.54) is 18.2 Å². The van der Waals surface area contributed by atoms with Gasteiger partial charge in [0.05, 0.1) is 17.6 Å². The van der Waals surface area contributed by atoms with Gasteiger partial charge in [-0.25, -0.2) is 17.2 Å². The first-order chi connectivity index (χ1) is 14.6. The van der Waals surface area contributed by atoms with Crippen molar-refractivity contribution in [1.29, 1.82) is 0 Å². The number of ether oxygens (including phenoxy) is 1. The molecule has 3 aromatic rings. The van der Waals surface area contributed by atoms with Crippen molar-refractivity contribution >= 4 is 15.7 Å². The van der Waals surface area contributed by atoms with E-state index in [0.717, 1.165) is 24.0 Å². The second-order valence-corrected chi connectivity index (χ2v) is 9.12. The average Bonchev–Trinajstić information content (AvgIpc) is 3.01. The predicted octanol–water partition coefficient (Wildman–Crippen LogP) is 3.50. The molecule has 0 fully saturated rings. The van der Waals surface area contributed by atoms with Gasteiger partial charge in [-0.15, -0.1) is 0 Å². The molecule has 0 aliphatic carbocycles. The molecule has 2 heterocycles. The zero-order chi connectivity index (χ0) is 22.3. The van der Waals surface area contributed by atoms with E-state index in [-0.39, 0.29) is 11.5 Å². The molecule has 1 aromatic heterocycles. The maximum Gasteiger partial charge on any atom is 0.229 e. The lowest BCUT2D eigenvalue weighted by Gasteiger charge is -2.25. The molecule has 1 unspecified atom stereocenters. The summed E-state index contributed by atoms with van der Waals surface area (Å²) in [6, 6.07) is 9.42. The summed E-state index contributed by atoms with van der Waals surface area (Å²) >= 11 is 0. The van der Waals surface area contributed by atoms with Crippen LogP contribution in [0, 0.1) is 18.6 Å². The van der Waals surface area contributed by atoms with E-state index in [2.05, 4.69) is 10.0 Å². The zero-order valence-electron chi connectivity index (χ0n) is 16.8. The summed E-state index contributed by atoms with van der Waals surface area (Å²) in [5.74, 6) is -1.51. The number of aryl methyl sites for hydroxylation is 1. The van der Waals surface area contributed by atoms with Gasteiger partial charge in [0.1, 0.15) is 17.8 Å². The second kappa shape index (κ2) is 7.95. The van der Waals surface area contributed by atoms with E-state index in [1.807, 2.05) is 17.6 Å². The molecule has 0 saturated carbocycles. The minimum Gasteiger partial charge on any atom is -0.454 e. The highest BCUT2D eigenvalue weighted by atomic mass is 32.2. The fourth-order valence-corrected chi connectivity index (χ4v) is 4.26. The number of rotatable bonds is 5. The molecule has 7 nitrogen and oxygen atoms in total. The molecule has 2 aromatic carbocycles. The largest absolute Gasteiger partial charge is 0.454 e. The smallest absolute Gasteiger partial charge is 0.229 e. The summed E-state index contributed by atoms with van der Waals surface area (Å²) in [4.78, 5) is 0. The fraction of sp³-hybridized carbons (Fsp3) is 0.238. The number of anilines is 1. The van der Waals surface area contributed by atoms with Crippen molar-refractivity contribution < 1.29 is 27.0 Å². The van der Waals surface area contributed by atoms with Crippen LogP contribution >= 0.6 is 0 Å². The van der Waals surface area contributed by atoms with E-state index in [0.29, 0.717) is 35.7 Å². The Hall–Kier alpha value is -2.95. The lowest BCUT2D eigenvalue weighted by molar-refractivity contribution is 0.115. The molecule has 10 heteroatoms. The van der Waals surface area contributed by atoms with Gasteiger partial charge >= 0.3 is 0 Å². The Morgan fingerprint density at radius 2 is 1.90 bits per heavy atom. The van der Waals surface area contributed by atoms with Crippen LogP contribution in [0.3, 0.4) is 0 Å². The van der Waals surface area contributed by atoms with Crippen molar-refractivity contribution in [1.82, 2.24) is 9.88 Å². The van der Waals surface area contributed by atoms with Gasteiger partial charge in [0.2, 0.25) is 10.0 Å². The molecule has 1 atom stereocenters. The SMILES string of the molecule is Cc1cc(-c2cc(NS(C)(=O)=O)ccc2Oc2ccc(F)cc2F)n2c1C(O)NCC2. The molecular weight excluding hydrogens is 428 g/mol. The van der Waals surface area contributed by atoms with E-state index in [9.17, 15) is 22.3 Å². The minimum absolute atomic E-state index is 0.171. The van der Waals surface area contributed by atoms with Crippen LogP contribution in [0.25, 0.3) is 11.3 Å². The molecule has 3 N–H and O–H groups in total. The number of hydrogen-bond donors (Lipinski definition) is 3. The van der Waals surface area contributed by atoms with E-state index in [1.54, 1.807) is 6.07 Å². The van der Waals surface area contributed by atoms with Crippen LogP contribution in [0.15, 0.2) is 42.5 Å². The van der Waals surface area contributed by atoms with Crippen molar-refractivity contribution in [3.8, 4) is 22.8 Å². The summed E-state index contributed by atoms with van der Waals surface area (Å²) in [5.41, 5.74) is 2.97. The van der Waals surface area contributed by atoms with E-state index >= 15 is 0 Å². The minimum atomic E-state index is -3.53. The molecule has 0 spiro atoms. The highest BCUT2D eigenvalue weighted by Crippen LogP contribution is 2.39. The molecule has 0 saturated heterocycles. The first kappa shape index (κ1) is 21.3. The van der Waals surface area contributed by atoms with Crippen LogP contribution in [0.5, 0.6) is 11.5 Å². The second-order valence-electron chi connectivity index (χ2n) is 7.37. The first-order valence-electron chi connectivity index (χ1n) is 9.49. The van der Waals surface area contributed by atoms with Gasteiger partial charge in [-0.05, 0) is 48.9 Å². The molecule has 0 radical (unpaired) electrons. The molecule has 0 amide bonds. The Labute approximate surface area is 178 Å². The van der Waals surface area contributed by atoms with Crippen LogP contribution < -0.4 is 14.8 Å². The molecule has 31 heavy (non-hydrogen) atoms. The average molecular weight is 449 g/mol. The third kappa shape index (κ3) is 4.41. The van der Waals surface area contributed by atoms with Gasteiger partial charge in [0.15, 0.2) is 11.6 Å². The van der Waals surface area contributed by atoms with Crippen LogP contribution in [-0.4, -0.2) is 30.9 Å². The number of aliphatic hydroxyl groups is 1. The van der Waals surface area contributed by atoms with Crippen molar-refractivity contribution in [3.05, 3.63) is 65.4 Å². The Morgan fingerprint density at radius 3 is 2.61 bits per heavy atom. The highest BCUT2D eigenvalue weighted by Gasteiger charge is 2.25. The highest BCUT2D eigenvalue weighted by molar-refractivity contribution is 7.92. The maximum atomic E-state index is 14.2. The summed E-state index contributed by atoms with van der Waals surface area (Å²) in [6.07, 6.45) is 0.190. The van der Waals surface area contributed by atoms with Gasteiger partial charge in [0, 0.05) is 30.4 Å². The normalized spacial score (nSPS) is 16.1. The maximum absolute atomic E-state index is 14.2. The third-order valence-electron chi connectivity index (χ3n) is 4.94.